The zero-order valence-electron chi connectivity index (χ0n) is 19.0. The van der Waals surface area contributed by atoms with Gasteiger partial charge in [-0.1, -0.05) is 65.0 Å². The Bertz CT molecular complexity index is 1050. The number of urea groups is 1. The first-order valence-electron chi connectivity index (χ1n) is 11.5. The summed E-state index contributed by atoms with van der Waals surface area (Å²) in [6.45, 7) is 5.54. The molecule has 0 aliphatic heterocycles. The van der Waals surface area contributed by atoms with Crippen molar-refractivity contribution in [2.75, 3.05) is 5.32 Å². The fourth-order valence-electron chi connectivity index (χ4n) is 4.61. The van der Waals surface area contributed by atoms with Crippen LogP contribution in [0.2, 0.25) is 0 Å². The lowest BCUT2D eigenvalue weighted by molar-refractivity contribution is 0.161. The monoisotopic (exact) mass is 493 g/mol. The molecule has 1 aliphatic carbocycles. The SMILES string of the molecule is Cc1ccc(NC(=O)N(Cc2cccn2Cc2ccc(Br)cc2)C2CCCCC2)c(C)c1. The van der Waals surface area contributed by atoms with Crippen LogP contribution in [0, 0.1) is 13.8 Å². The molecule has 4 rings (SSSR count). The van der Waals surface area contributed by atoms with Gasteiger partial charge in [0.25, 0.3) is 0 Å². The van der Waals surface area contributed by atoms with Gasteiger partial charge in [0.2, 0.25) is 0 Å². The number of carbonyl (C=O) groups excluding carboxylic acids is 1. The number of rotatable bonds is 6. The van der Waals surface area contributed by atoms with Crippen LogP contribution >= 0.6 is 15.9 Å². The van der Waals surface area contributed by atoms with E-state index in [9.17, 15) is 4.79 Å². The van der Waals surface area contributed by atoms with Gasteiger partial charge in [0.05, 0.1) is 6.54 Å². The Morgan fingerprint density at radius 2 is 1.81 bits per heavy atom. The quantitative estimate of drug-likeness (QED) is 0.384. The van der Waals surface area contributed by atoms with Crippen LogP contribution in [-0.2, 0) is 13.1 Å². The zero-order valence-corrected chi connectivity index (χ0v) is 20.6. The number of carbonyl (C=O) groups is 1. The summed E-state index contributed by atoms with van der Waals surface area (Å²) in [5.74, 6) is 0. The van der Waals surface area contributed by atoms with Crippen LogP contribution in [0.1, 0.15) is 54.5 Å². The predicted molar refractivity (Wildman–Crippen MR) is 135 cm³/mol. The minimum atomic E-state index is 0.000227. The highest BCUT2D eigenvalue weighted by atomic mass is 79.9. The number of nitrogens with zero attached hydrogens (tertiary/aromatic N) is 2. The first-order valence-corrected chi connectivity index (χ1v) is 12.3. The molecule has 0 bridgehead atoms. The van der Waals surface area contributed by atoms with Crippen molar-refractivity contribution in [3.05, 3.63) is 87.7 Å². The number of hydrogen-bond donors (Lipinski definition) is 1. The molecule has 0 spiro atoms. The van der Waals surface area contributed by atoms with Gasteiger partial charge in [0.15, 0.2) is 0 Å². The van der Waals surface area contributed by atoms with Gasteiger partial charge in [-0.3, -0.25) is 0 Å². The highest BCUT2D eigenvalue weighted by molar-refractivity contribution is 9.10. The van der Waals surface area contributed by atoms with Gasteiger partial charge < -0.3 is 14.8 Å². The van der Waals surface area contributed by atoms with E-state index in [0.717, 1.165) is 40.8 Å². The molecule has 2 aromatic carbocycles. The van der Waals surface area contributed by atoms with Crippen molar-refractivity contribution >= 4 is 27.6 Å². The average molecular weight is 494 g/mol. The highest BCUT2D eigenvalue weighted by Gasteiger charge is 2.26. The summed E-state index contributed by atoms with van der Waals surface area (Å²) in [6, 6.07) is 19.1. The molecule has 1 saturated carbocycles. The summed E-state index contributed by atoms with van der Waals surface area (Å²) < 4.78 is 3.34. The van der Waals surface area contributed by atoms with Crippen LogP contribution in [0.5, 0.6) is 0 Å². The summed E-state index contributed by atoms with van der Waals surface area (Å²) in [5.41, 5.74) is 5.60. The number of halogens is 1. The van der Waals surface area contributed by atoms with E-state index in [2.05, 4.69) is 99.3 Å². The smallest absolute Gasteiger partial charge is 0.322 e. The normalized spacial score (nSPS) is 14.3. The molecule has 0 radical (unpaired) electrons. The summed E-state index contributed by atoms with van der Waals surface area (Å²) in [7, 11) is 0. The average Bonchev–Trinajstić information content (AvgIpc) is 3.22. The molecule has 168 valence electrons. The first-order chi connectivity index (χ1) is 15.5. The maximum atomic E-state index is 13.5. The lowest BCUT2D eigenvalue weighted by atomic mass is 9.94. The van der Waals surface area contributed by atoms with E-state index in [1.165, 1.54) is 30.4 Å². The fraction of sp³-hybridized carbons (Fsp3) is 0.370. The Morgan fingerprint density at radius 3 is 2.53 bits per heavy atom. The molecule has 1 N–H and O–H groups in total. The van der Waals surface area contributed by atoms with Gasteiger partial charge in [-0.05, 0) is 68.1 Å². The number of amides is 2. The standard InChI is InChI=1S/C27H32BrN3O/c1-20-10-15-26(21(2)17-20)29-27(32)31(24-7-4-3-5-8-24)19-25-9-6-16-30(25)18-22-11-13-23(28)14-12-22/h6,9-17,24H,3-5,7-8,18-19H2,1-2H3,(H,29,32). The van der Waals surface area contributed by atoms with Gasteiger partial charge in [-0.25, -0.2) is 4.79 Å². The van der Waals surface area contributed by atoms with E-state index in [-0.39, 0.29) is 12.1 Å². The van der Waals surface area contributed by atoms with Crippen molar-refractivity contribution in [1.82, 2.24) is 9.47 Å². The van der Waals surface area contributed by atoms with Crippen LogP contribution in [0.4, 0.5) is 10.5 Å². The topological polar surface area (TPSA) is 37.3 Å². The van der Waals surface area contributed by atoms with Crippen LogP contribution in [-0.4, -0.2) is 21.5 Å². The van der Waals surface area contributed by atoms with Gasteiger partial charge in [-0.15, -0.1) is 0 Å². The second-order valence-electron chi connectivity index (χ2n) is 8.92. The summed E-state index contributed by atoms with van der Waals surface area (Å²) in [6.07, 6.45) is 7.92. The number of hydrogen-bond acceptors (Lipinski definition) is 1. The largest absolute Gasteiger partial charge is 0.345 e. The molecule has 1 aromatic heterocycles. The van der Waals surface area contributed by atoms with E-state index < -0.39 is 0 Å². The van der Waals surface area contributed by atoms with Crippen molar-refractivity contribution in [2.45, 2.75) is 65.1 Å². The van der Waals surface area contributed by atoms with E-state index >= 15 is 0 Å². The van der Waals surface area contributed by atoms with Crippen molar-refractivity contribution in [2.24, 2.45) is 0 Å². The van der Waals surface area contributed by atoms with Crippen molar-refractivity contribution in [3.8, 4) is 0 Å². The molecule has 0 saturated heterocycles. The Hall–Kier alpha value is -2.53. The first kappa shape index (κ1) is 22.7. The minimum Gasteiger partial charge on any atom is -0.345 e. The van der Waals surface area contributed by atoms with Crippen LogP contribution < -0.4 is 5.32 Å². The van der Waals surface area contributed by atoms with E-state index in [1.54, 1.807) is 0 Å². The lowest BCUT2D eigenvalue weighted by Gasteiger charge is -2.35. The number of anilines is 1. The molecule has 4 nitrogen and oxygen atoms in total. The molecular weight excluding hydrogens is 462 g/mol. The van der Waals surface area contributed by atoms with Gasteiger partial charge in [0.1, 0.15) is 0 Å². The van der Waals surface area contributed by atoms with E-state index in [4.69, 9.17) is 0 Å². The Balaban J connectivity index is 1.54. The van der Waals surface area contributed by atoms with E-state index in [0.29, 0.717) is 6.54 Å². The number of aryl methyl sites for hydroxylation is 2. The summed E-state index contributed by atoms with van der Waals surface area (Å²) in [5, 5.41) is 3.20. The molecular formula is C27H32BrN3O. The lowest BCUT2D eigenvalue weighted by Crippen LogP contribution is -2.43. The third-order valence-electron chi connectivity index (χ3n) is 6.42. The maximum Gasteiger partial charge on any atom is 0.322 e. The second kappa shape index (κ2) is 10.4. The van der Waals surface area contributed by atoms with Gasteiger partial charge in [-0.2, -0.15) is 0 Å². The van der Waals surface area contributed by atoms with Gasteiger partial charge >= 0.3 is 6.03 Å². The molecule has 1 fully saturated rings. The maximum absolute atomic E-state index is 13.5. The van der Waals surface area contributed by atoms with Crippen LogP contribution in [0.15, 0.2) is 65.3 Å². The van der Waals surface area contributed by atoms with E-state index in [1.807, 2.05) is 6.07 Å². The van der Waals surface area contributed by atoms with Crippen molar-refractivity contribution in [1.29, 1.82) is 0 Å². The fourth-order valence-corrected chi connectivity index (χ4v) is 4.87. The molecule has 0 unspecified atom stereocenters. The van der Waals surface area contributed by atoms with Crippen LogP contribution in [0.3, 0.4) is 0 Å². The zero-order chi connectivity index (χ0) is 22.5. The van der Waals surface area contributed by atoms with Crippen molar-refractivity contribution in [3.63, 3.8) is 0 Å². The summed E-state index contributed by atoms with van der Waals surface area (Å²) in [4.78, 5) is 15.5. The molecule has 2 amide bonds. The minimum absolute atomic E-state index is 0.000227. The van der Waals surface area contributed by atoms with Crippen molar-refractivity contribution < 1.29 is 4.79 Å². The number of benzene rings is 2. The predicted octanol–water partition coefficient (Wildman–Crippen LogP) is 7.28. The molecule has 1 aliphatic rings. The molecule has 3 aromatic rings. The third kappa shape index (κ3) is 5.63. The summed E-state index contributed by atoms with van der Waals surface area (Å²) >= 11 is 3.51. The molecule has 5 heteroatoms. The molecule has 0 atom stereocenters. The third-order valence-corrected chi connectivity index (χ3v) is 6.95. The Morgan fingerprint density at radius 1 is 1.06 bits per heavy atom. The second-order valence-corrected chi connectivity index (χ2v) is 9.84. The molecule has 1 heterocycles. The number of aromatic nitrogens is 1. The Labute approximate surface area is 199 Å². The molecule has 32 heavy (non-hydrogen) atoms. The Kier molecular flexibility index (Phi) is 7.36. The van der Waals surface area contributed by atoms with Crippen LogP contribution in [0.25, 0.3) is 0 Å². The highest BCUT2D eigenvalue weighted by Crippen LogP contribution is 2.26. The van der Waals surface area contributed by atoms with Gasteiger partial charge in [0, 0.05) is 34.6 Å². The number of nitrogens with one attached hydrogen (secondary N) is 1.